The van der Waals surface area contributed by atoms with Crippen molar-refractivity contribution >= 4 is 21.6 Å². The number of piperidine rings is 1. The van der Waals surface area contributed by atoms with Crippen molar-refractivity contribution < 1.29 is 0 Å². The van der Waals surface area contributed by atoms with Gasteiger partial charge in [-0.2, -0.15) is 0 Å². The second-order valence-corrected chi connectivity index (χ2v) is 5.13. The molecule has 3 heteroatoms. The Morgan fingerprint density at radius 3 is 2.67 bits per heavy atom. The van der Waals surface area contributed by atoms with E-state index in [0.717, 1.165) is 25.9 Å². The fraction of sp³-hybridized carbons (Fsp3) is 0.500. The van der Waals surface area contributed by atoms with Crippen molar-refractivity contribution in [2.24, 2.45) is 5.73 Å². The highest BCUT2D eigenvalue weighted by atomic mass is 79.9. The van der Waals surface area contributed by atoms with Crippen molar-refractivity contribution in [3.8, 4) is 0 Å². The van der Waals surface area contributed by atoms with E-state index in [1.54, 1.807) is 0 Å². The lowest BCUT2D eigenvalue weighted by Gasteiger charge is -2.32. The molecular formula is C12H17BrN2. The van der Waals surface area contributed by atoms with Crippen molar-refractivity contribution in [2.45, 2.75) is 25.8 Å². The molecule has 1 heterocycles. The molecule has 0 aromatic heterocycles. The molecule has 0 unspecified atom stereocenters. The second-order valence-electron chi connectivity index (χ2n) is 4.28. The van der Waals surface area contributed by atoms with Crippen LogP contribution in [0.2, 0.25) is 0 Å². The van der Waals surface area contributed by atoms with Gasteiger partial charge in [0.15, 0.2) is 0 Å². The van der Waals surface area contributed by atoms with Gasteiger partial charge in [0.05, 0.1) is 5.69 Å². The number of halogens is 1. The summed E-state index contributed by atoms with van der Waals surface area (Å²) in [6.07, 6.45) is 2.20. The molecule has 0 radical (unpaired) electrons. The molecule has 2 N–H and O–H groups in total. The standard InChI is InChI=1S/C12H17BrN2/c1-9-2-3-11(13)12(8-9)15-6-4-10(14)5-7-15/h2-3,8,10H,4-7,14H2,1H3. The molecular weight excluding hydrogens is 252 g/mol. The summed E-state index contributed by atoms with van der Waals surface area (Å²) in [5, 5.41) is 0. The highest BCUT2D eigenvalue weighted by molar-refractivity contribution is 9.10. The fourth-order valence-corrected chi connectivity index (χ4v) is 2.50. The van der Waals surface area contributed by atoms with Crippen LogP contribution in [0.5, 0.6) is 0 Å². The van der Waals surface area contributed by atoms with E-state index in [4.69, 9.17) is 5.73 Å². The number of rotatable bonds is 1. The predicted octanol–water partition coefficient (Wildman–Crippen LogP) is 2.69. The molecule has 1 aromatic rings. The molecule has 82 valence electrons. The van der Waals surface area contributed by atoms with Gasteiger partial charge in [-0.05, 0) is 53.4 Å². The summed E-state index contributed by atoms with van der Waals surface area (Å²) in [5.74, 6) is 0. The minimum atomic E-state index is 0.393. The van der Waals surface area contributed by atoms with Crippen LogP contribution in [0.15, 0.2) is 22.7 Å². The Balaban J connectivity index is 2.18. The number of hydrogen-bond acceptors (Lipinski definition) is 2. The van der Waals surface area contributed by atoms with Crippen LogP contribution in [0.4, 0.5) is 5.69 Å². The van der Waals surface area contributed by atoms with E-state index in [1.165, 1.54) is 15.7 Å². The van der Waals surface area contributed by atoms with E-state index in [0.29, 0.717) is 6.04 Å². The summed E-state index contributed by atoms with van der Waals surface area (Å²) in [6.45, 7) is 4.28. The van der Waals surface area contributed by atoms with E-state index in [2.05, 4.69) is 46.0 Å². The third kappa shape index (κ3) is 2.52. The molecule has 1 aromatic carbocycles. The molecule has 1 fully saturated rings. The summed E-state index contributed by atoms with van der Waals surface area (Å²) < 4.78 is 1.18. The van der Waals surface area contributed by atoms with Gasteiger partial charge >= 0.3 is 0 Å². The molecule has 0 aliphatic carbocycles. The third-order valence-corrected chi connectivity index (χ3v) is 3.65. The van der Waals surface area contributed by atoms with Gasteiger partial charge in [-0.25, -0.2) is 0 Å². The zero-order valence-corrected chi connectivity index (χ0v) is 10.6. The number of aryl methyl sites for hydroxylation is 1. The number of nitrogens with zero attached hydrogens (tertiary/aromatic N) is 1. The summed E-state index contributed by atoms with van der Waals surface area (Å²) in [6, 6.07) is 6.88. The SMILES string of the molecule is Cc1ccc(Br)c(N2CCC(N)CC2)c1. The molecule has 1 aliphatic heterocycles. The van der Waals surface area contributed by atoms with Crippen molar-refractivity contribution in [3.63, 3.8) is 0 Å². The zero-order valence-electron chi connectivity index (χ0n) is 9.04. The van der Waals surface area contributed by atoms with Crippen LogP contribution < -0.4 is 10.6 Å². The minimum Gasteiger partial charge on any atom is -0.370 e. The maximum absolute atomic E-state index is 5.90. The largest absolute Gasteiger partial charge is 0.370 e. The first kappa shape index (κ1) is 11.0. The number of anilines is 1. The lowest BCUT2D eigenvalue weighted by Crippen LogP contribution is -2.39. The van der Waals surface area contributed by atoms with E-state index in [1.807, 2.05) is 0 Å². The van der Waals surface area contributed by atoms with Crippen molar-refractivity contribution in [1.82, 2.24) is 0 Å². The van der Waals surface area contributed by atoms with Crippen LogP contribution in [0, 0.1) is 6.92 Å². The minimum absolute atomic E-state index is 0.393. The van der Waals surface area contributed by atoms with Gasteiger partial charge in [-0.1, -0.05) is 6.07 Å². The first-order valence-corrected chi connectivity index (χ1v) is 6.23. The smallest absolute Gasteiger partial charge is 0.0513 e. The number of hydrogen-bond donors (Lipinski definition) is 1. The van der Waals surface area contributed by atoms with Gasteiger partial charge in [-0.15, -0.1) is 0 Å². The molecule has 15 heavy (non-hydrogen) atoms. The van der Waals surface area contributed by atoms with E-state index in [9.17, 15) is 0 Å². The quantitative estimate of drug-likeness (QED) is 0.849. The Labute approximate surface area is 99.6 Å². The molecule has 2 rings (SSSR count). The zero-order chi connectivity index (χ0) is 10.8. The average Bonchev–Trinajstić information content (AvgIpc) is 2.23. The molecule has 0 saturated carbocycles. The maximum atomic E-state index is 5.90. The van der Waals surface area contributed by atoms with E-state index in [-0.39, 0.29) is 0 Å². The van der Waals surface area contributed by atoms with Crippen LogP contribution in [-0.4, -0.2) is 19.1 Å². The molecule has 0 spiro atoms. The third-order valence-electron chi connectivity index (χ3n) is 2.98. The first-order chi connectivity index (χ1) is 7.16. The average molecular weight is 269 g/mol. The number of nitrogens with two attached hydrogens (primary N) is 1. The van der Waals surface area contributed by atoms with Crippen LogP contribution >= 0.6 is 15.9 Å². The molecule has 1 aliphatic rings. The molecule has 2 nitrogen and oxygen atoms in total. The number of benzene rings is 1. The summed E-state index contributed by atoms with van der Waals surface area (Å²) in [4.78, 5) is 2.42. The highest BCUT2D eigenvalue weighted by Crippen LogP contribution is 2.29. The Kier molecular flexibility index (Phi) is 3.32. The van der Waals surface area contributed by atoms with Crippen molar-refractivity contribution in [1.29, 1.82) is 0 Å². The van der Waals surface area contributed by atoms with Gasteiger partial charge < -0.3 is 10.6 Å². The van der Waals surface area contributed by atoms with Crippen LogP contribution in [0.25, 0.3) is 0 Å². The normalized spacial score (nSPS) is 18.2. The van der Waals surface area contributed by atoms with Crippen LogP contribution in [0.3, 0.4) is 0 Å². The predicted molar refractivity (Wildman–Crippen MR) is 68.3 cm³/mol. The Morgan fingerprint density at radius 1 is 1.33 bits per heavy atom. The molecule has 0 bridgehead atoms. The monoisotopic (exact) mass is 268 g/mol. The van der Waals surface area contributed by atoms with Gasteiger partial charge in [0.25, 0.3) is 0 Å². The highest BCUT2D eigenvalue weighted by Gasteiger charge is 2.17. The van der Waals surface area contributed by atoms with Crippen LogP contribution in [0.1, 0.15) is 18.4 Å². The van der Waals surface area contributed by atoms with Crippen molar-refractivity contribution in [3.05, 3.63) is 28.2 Å². The molecule has 0 amide bonds. The van der Waals surface area contributed by atoms with Gasteiger partial charge in [0.1, 0.15) is 0 Å². The van der Waals surface area contributed by atoms with Crippen LogP contribution in [-0.2, 0) is 0 Å². The van der Waals surface area contributed by atoms with Gasteiger partial charge in [-0.3, -0.25) is 0 Å². The Hall–Kier alpha value is -0.540. The summed E-state index contributed by atoms with van der Waals surface area (Å²) >= 11 is 3.61. The first-order valence-electron chi connectivity index (χ1n) is 5.43. The van der Waals surface area contributed by atoms with E-state index >= 15 is 0 Å². The van der Waals surface area contributed by atoms with E-state index < -0.39 is 0 Å². The summed E-state index contributed by atoms with van der Waals surface area (Å²) in [7, 11) is 0. The van der Waals surface area contributed by atoms with Crippen molar-refractivity contribution in [2.75, 3.05) is 18.0 Å². The summed E-state index contributed by atoms with van der Waals surface area (Å²) in [5.41, 5.74) is 8.52. The Morgan fingerprint density at radius 2 is 2.00 bits per heavy atom. The Bertz CT molecular complexity index is 343. The topological polar surface area (TPSA) is 29.3 Å². The van der Waals surface area contributed by atoms with Gasteiger partial charge in [0.2, 0.25) is 0 Å². The maximum Gasteiger partial charge on any atom is 0.0513 e. The molecule has 0 atom stereocenters. The lowest BCUT2D eigenvalue weighted by atomic mass is 10.1. The second kappa shape index (κ2) is 4.54. The van der Waals surface area contributed by atoms with Gasteiger partial charge in [0, 0.05) is 23.6 Å². The molecule has 1 saturated heterocycles. The lowest BCUT2D eigenvalue weighted by molar-refractivity contribution is 0.501. The fourth-order valence-electron chi connectivity index (χ4n) is 2.01.